The lowest BCUT2D eigenvalue weighted by Crippen LogP contribution is -2.34. The molecule has 8 heteroatoms. The molecule has 0 spiro atoms. The maximum atomic E-state index is 14.1. The molecule has 0 aliphatic carbocycles. The largest absolute Gasteiger partial charge is 0.496 e. The van der Waals surface area contributed by atoms with Crippen LogP contribution in [0.25, 0.3) is 26.7 Å². The minimum absolute atomic E-state index is 0.148. The second-order valence-electron chi connectivity index (χ2n) is 8.02. The third kappa shape index (κ3) is 4.36. The molecule has 5 aromatic rings. The van der Waals surface area contributed by atoms with Gasteiger partial charge >= 0.3 is 0 Å². The van der Waals surface area contributed by atoms with Crippen molar-refractivity contribution in [1.82, 2.24) is 9.30 Å². The highest BCUT2D eigenvalue weighted by Gasteiger charge is 2.24. The number of hydrogen-bond donors (Lipinski definition) is 0. The van der Waals surface area contributed by atoms with Gasteiger partial charge in [0.1, 0.15) is 5.75 Å². The predicted octanol–water partition coefficient (Wildman–Crippen LogP) is 5.54. The molecule has 1 aromatic carbocycles. The average molecular weight is 505 g/mol. The topological polar surface area (TPSA) is 60.2 Å². The molecule has 0 N–H and O–H groups in total. The van der Waals surface area contributed by atoms with Crippen molar-refractivity contribution in [1.29, 1.82) is 0 Å². The van der Waals surface area contributed by atoms with Crippen LogP contribution in [-0.4, -0.2) is 42.6 Å². The maximum Gasteiger partial charge on any atom is 0.263 e. The summed E-state index contributed by atoms with van der Waals surface area (Å²) >= 11 is 3.13. The van der Waals surface area contributed by atoms with Crippen molar-refractivity contribution in [2.75, 3.05) is 27.4 Å². The van der Waals surface area contributed by atoms with Gasteiger partial charge in [0.25, 0.3) is 11.5 Å². The fourth-order valence-corrected chi connectivity index (χ4v) is 5.91. The molecule has 178 valence electrons. The smallest absolute Gasteiger partial charge is 0.263 e. The van der Waals surface area contributed by atoms with E-state index < -0.39 is 0 Å². The third-order valence-corrected chi connectivity index (χ3v) is 7.75. The van der Waals surface area contributed by atoms with Crippen LogP contribution >= 0.6 is 22.7 Å². The van der Waals surface area contributed by atoms with Crippen LogP contribution in [0.1, 0.15) is 15.2 Å². The fourth-order valence-electron chi connectivity index (χ4n) is 4.25. The minimum atomic E-state index is -0.196. The first kappa shape index (κ1) is 23.3. The van der Waals surface area contributed by atoms with E-state index in [4.69, 9.17) is 9.47 Å². The molecule has 4 aromatic heterocycles. The van der Waals surface area contributed by atoms with Gasteiger partial charge in [0.15, 0.2) is 0 Å². The number of ether oxygens (including phenoxy) is 2. The number of rotatable bonds is 8. The van der Waals surface area contributed by atoms with Crippen molar-refractivity contribution in [3.8, 4) is 16.9 Å². The SMILES string of the molecule is COCCN(Cc1cccs1)C(=O)c1cc(-c2ccccc2OC)c(=O)n2ccc3ccsc3c12. The van der Waals surface area contributed by atoms with Crippen LogP contribution in [0.4, 0.5) is 0 Å². The number of nitrogens with zero attached hydrogens (tertiary/aromatic N) is 2. The van der Waals surface area contributed by atoms with Gasteiger partial charge in [0, 0.05) is 30.3 Å². The first-order valence-electron chi connectivity index (χ1n) is 11.1. The standard InChI is InChI=1S/C27H24N2O4S2/c1-32-13-12-28(17-19-6-5-14-34-19)26(30)22-16-21(20-7-3-4-8-23(20)33-2)27(31)29-11-9-18-10-15-35-25(18)24(22)29/h3-11,14-16H,12-13,17H2,1-2H3. The van der Waals surface area contributed by atoms with Gasteiger partial charge in [-0.2, -0.15) is 0 Å². The number of pyridine rings is 2. The lowest BCUT2D eigenvalue weighted by molar-refractivity contribution is 0.0684. The molecule has 4 heterocycles. The van der Waals surface area contributed by atoms with Crippen LogP contribution in [0.3, 0.4) is 0 Å². The van der Waals surface area contributed by atoms with E-state index in [1.54, 1.807) is 47.1 Å². The second-order valence-corrected chi connectivity index (χ2v) is 9.96. The average Bonchev–Trinajstić information content (AvgIpc) is 3.58. The van der Waals surface area contributed by atoms with E-state index in [1.807, 2.05) is 59.3 Å². The third-order valence-electron chi connectivity index (χ3n) is 5.95. The zero-order valence-electron chi connectivity index (χ0n) is 19.4. The van der Waals surface area contributed by atoms with Crippen molar-refractivity contribution in [3.63, 3.8) is 0 Å². The fraction of sp³-hybridized carbons (Fsp3) is 0.185. The maximum absolute atomic E-state index is 14.1. The normalized spacial score (nSPS) is 11.3. The number of aromatic nitrogens is 1. The Bertz CT molecular complexity index is 1550. The van der Waals surface area contributed by atoms with E-state index in [0.717, 1.165) is 15.0 Å². The Morgan fingerprint density at radius 2 is 1.86 bits per heavy atom. The summed E-state index contributed by atoms with van der Waals surface area (Å²) in [4.78, 5) is 30.7. The minimum Gasteiger partial charge on any atom is -0.496 e. The van der Waals surface area contributed by atoms with Crippen molar-refractivity contribution in [2.45, 2.75) is 6.54 Å². The Morgan fingerprint density at radius 3 is 2.63 bits per heavy atom. The van der Waals surface area contributed by atoms with E-state index in [9.17, 15) is 9.59 Å². The molecule has 0 saturated carbocycles. The molecule has 6 nitrogen and oxygen atoms in total. The summed E-state index contributed by atoms with van der Waals surface area (Å²) in [5, 5.41) is 4.97. The monoisotopic (exact) mass is 504 g/mol. The lowest BCUT2D eigenvalue weighted by atomic mass is 10.0. The van der Waals surface area contributed by atoms with Crippen LogP contribution in [0.2, 0.25) is 0 Å². The predicted molar refractivity (Wildman–Crippen MR) is 142 cm³/mol. The molecule has 0 fully saturated rings. The number of fused-ring (bicyclic) bond motifs is 3. The second kappa shape index (κ2) is 10.0. The summed E-state index contributed by atoms with van der Waals surface area (Å²) in [6, 6.07) is 17.0. The molecular weight excluding hydrogens is 480 g/mol. The zero-order chi connectivity index (χ0) is 24.4. The summed E-state index contributed by atoms with van der Waals surface area (Å²) in [6.45, 7) is 1.31. The summed E-state index contributed by atoms with van der Waals surface area (Å²) < 4.78 is 13.3. The van der Waals surface area contributed by atoms with Crippen LogP contribution in [-0.2, 0) is 11.3 Å². The molecule has 1 amide bonds. The number of para-hydroxylation sites is 1. The molecular formula is C27H24N2O4S2. The highest BCUT2D eigenvalue weighted by Crippen LogP contribution is 2.33. The Morgan fingerprint density at radius 1 is 1.00 bits per heavy atom. The van der Waals surface area contributed by atoms with Crippen molar-refractivity contribution < 1.29 is 14.3 Å². The van der Waals surface area contributed by atoms with E-state index >= 15 is 0 Å². The summed E-state index contributed by atoms with van der Waals surface area (Å²) in [7, 11) is 3.20. The Hall–Kier alpha value is -3.46. The molecule has 0 bridgehead atoms. The lowest BCUT2D eigenvalue weighted by Gasteiger charge is -2.23. The van der Waals surface area contributed by atoms with Gasteiger partial charge in [-0.15, -0.1) is 22.7 Å². The van der Waals surface area contributed by atoms with E-state index in [2.05, 4.69) is 0 Å². The number of carbonyl (C=O) groups excluding carboxylic acids is 1. The molecule has 0 aliphatic heterocycles. The van der Waals surface area contributed by atoms with Crippen LogP contribution < -0.4 is 10.3 Å². The van der Waals surface area contributed by atoms with Gasteiger partial charge in [-0.1, -0.05) is 24.3 Å². The number of benzene rings is 1. The first-order chi connectivity index (χ1) is 17.1. The number of hydrogen-bond acceptors (Lipinski definition) is 6. The molecule has 0 saturated heterocycles. The van der Waals surface area contributed by atoms with Gasteiger partial charge in [0.2, 0.25) is 0 Å². The summed E-state index contributed by atoms with van der Waals surface area (Å²) in [5.74, 6) is 0.431. The number of amides is 1. The quantitative estimate of drug-likeness (QED) is 0.278. The van der Waals surface area contributed by atoms with Gasteiger partial charge in [-0.25, -0.2) is 0 Å². The van der Waals surface area contributed by atoms with Crippen molar-refractivity contribution >= 4 is 44.2 Å². The zero-order valence-corrected chi connectivity index (χ0v) is 21.0. The molecule has 0 radical (unpaired) electrons. The number of methoxy groups -OCH3 is 2. The Balaban J connectivity index is 1.76. The number of carbonyl (C=O) groups is 1. The summed E-state index contributed by atoms with van der Waals surface area (Å²) in [5.41, 5.74) is 1.97. The highest BCUT2D eigenvalue weighted by atomic mass is 32.1. The molecule has 35 heavy (non-hydrogen) atoms. The van der Waals surface area contributed by atoms with E-state index in [-0.39, 0.29) is 11.5 Å². The van der Waals surface area contributed by atoms with E-state index in [1.165, 1.54) is 11.3 Å². The van der Waals surface area contributed by atoms with Crippen molar-refractivity contribution in [2.24, 2.45) is 0 Å². The highest BCUT2D eigenvalue weighted by molar-refractivity contribution is 7.18. The van der Waals surface area contributed by atoms with Crippen LogP contribution in [0.5, 0.6) is 5.75 Å². The van der Waals surface area contributed by atoms with Crippen LogP contribution in [0, 0.1) is 0 Å². The van der Waals surface area contributed by atoms with Crippen molar-refractivity contribution in [3.05, 3.63) is 92.3 Å². The van der Waals surface area contributed by atoms with Gasteiger partial charge in [-0.05, 0) is 46.5 Å². The van der Waals surface area contributed by atoms with Gasteiger partial charge < -0.3 is 14.4 Å². The van der Waals surface area contributed by atoms with Crippen LogP contribution in [0.15, 0.2) is 76.3 Å². The Kier molecular flexibility index (Phi) is 6.68. The summed E-state index contributed by atoms with van der Waals surface area (Å²) in [6.07, 6.45) is 1.75. The Labute approximate surface area is 210 Å². The van der Waals surface area contributed by atoms with Gasteiger partial charge in [-0.3, -0.25) is 14.0 Å². The van der Waals surface area contributed by atoms with Gasteiger partial charge in [0.05, 0.1) is 41.6 Å². The molecule has 0 aliphatic rings. The van der Waals surface area contributed by atoms with E-state index in [0.29, 0.717) is 47.7 Å². The first-order valence-corrected chi connectivity index (χ1v) is 12.9. The number of thiophene rings is 2. The molecule has 0 unspecified atom stereocenters. The molecule has 5 rings (SSSR count). The molecule has 0 atom stereocenters.